The minimum atomic E-state index is 0.00893. The van der Waals surface area contributed by atoms with Crippen LogP contribution in [0.25, 0.3) is 10.9 Å². The van der Waals surface area contributed by atoms with Gasteiger partial charge in [0.2, 0.25) is 0 Å². The molecular formula is C25H29N5OS. The third-order valence-corrected chi connectivity index (χ3v) is 7.32. The number of carbonyl (C=O) groups is 1. The Morgan fingerprint density at radius 2 is 2.03 bits per heavy atom. The zero-order valence-electron chi connectivity index (χ0n) is 18.5. The number of fused-ring (bicyclic) bond motifs is 1. The maximum absolute atomic E-state index is 13.0. The third kappa shape index (κ3) is 4.64. The van der Waals surface area contributed by atoms with Gasteiger partial charge in [-0.25, -0.2) is 9.97 Å². The van der Waals surface area contributed by atoms with E-state index in [0.717, 1.165) is 73.1 Å². The normalized spacial score (nSPS) is 19.9. The van der Waals surface area contributed by atoms with E-state index in [0.29, 0.717) is 12.1 Å². The van der Waals surface area contributed by atoms with Gasteiger partial charge in [-0.3, -0.25) is 14.7 Å². The Morgan fingerprint density at radius 1 is 1.16 bits per heavy atom. The second-order valence-corrected chi connectivity index (χ2v) is 9.99. The highest BCUT2D eigenvalue weighted by molar-refractivity contribution is 7.99. The lowest BCUT2D eigenvalue weighted by atomic mass is 9.90. The maximum atomic E-state index is 13.0. The molecule has 1 unspecified atom stereocenters. The molecule has 2 saturated heterocycles. The SMILES string of the molecule is Cc1ccc2nc(CN3CCCC(C(=O)c4cccnc4)C3)nc(N3CCSCC3)c2c1. The van der Waals surface area contributed by atoms with E-state index in [9.17, 15) is 4.79 Å². The molecule has 0 aliphatic carbocycles. The van der Waals surface area contributed by atoms with Gasteiger partial charge < -0.3 is 4.90 Å². The number of hydrogen-bond acceptors (Lipinski definition) is 7. The molecule has 0 amide bonds. The number of ketones is 1. The summed E-state index contributed by atoms with van der Waals surface area (Å²) < 4.78 is 0. The van der Waals surface area contributed by atoms with E-state index in [4.69, 9.17) is 9.97 Å². The van der Waals surface area contributed by atoms with Crippen molar-refractivity contribution in [3.63, 3.8) is 0 Å². The van der Waals surface area contributed by atoms with Gasteiger partial charge in [-0.15, -0.1) is 0 Å². The third-order valence-electron chi connectivity index (χ3n) is 6.38. The summed E-state index contributed by atoms with van der Waals surface area (Å²) in [7, 11) is 0. The molecule has 0 saturated carbocycles. The summed E-state index contributed by atoms with van der Waals surface area (Å²) in [5.74, 6) is 4.39. The molecule has 3 aromatic rings. The lowest BCUT2D eigenvalue weighted by Crippen LogP contribution is -2.39. The quantitative estimate of drug-likeness (QED) is 0.548. The molecule has 2 aliphatic heterocycles. The lowest BCUT2D eigenvalue weighted by molar-refractivity contribution is 0.0808. The molecule has 2 aromatic heterocycles. The van der Waals surface area contributed by atoms with Gasteiger partial charge in [0.25, 0.3) is 0 Å². The summed E-state index contributed by atoms with van der Waals surface area (Å²) in [6.07, 6.45) is 5.33. The van der Waals surface area contributed by atoms with Crippen LogP contribution in [0.1, 0.15) is 34.6 Å². The van der Waals surface area contributed by atoms with Gasteiger partial charge in [-0.1, -0.05) is 11.6 Å². The van der Waals surface area contributed by atoms with E-state index >= 15 is 0 Å². The Bertz CT molecular complexity index is 1100. The highest BCUT2D eigenvalue weighted by Crippen LogP contribution is 2.28. The first kappa shape index (κ1) is 21.3. The second-order valence-electron chi connectivity index (χ2n) is 8.76. The van der Waals surface area contributed by atoms with Crippen LogP contribution in [0.15, 0.2) is 42.7 Å². The van der Waals surface area contributed by atoms with Gasteiger partial charge in [-0.05, 0) is 50.6 Å². The van der Waals surface area contributed by atoms with Crippen molar-refractivity contribution < 1.29 is 4.79 Å². The van der Waals surface area contributed by atoms with Crippen LogP contribution in [0.5, 0.6) is 0 Å². The monoisotopic (exact) mass is 447 g/mol. The summed E-state index contributed by atoms with van der Waals surface area (Å²) in [5.41, 5.74) is 2.95. The van der Waals surface area contributed by atoms with Gasteiger partial charge in [0.15, 0.2) is 5.78 Å². The van der Waals surface area contributed by atoms with Crippen LogP contribution in [0, 0.1) is 12.8 Å². The van der Waals surface area contributed by atoms with Crippen LogP contribution in [0.3, 0.4) is 0 Å². The number of aryl methyl sites for hydroxylation is 1. The van der Waals surface area contributed by atoms with E-state index < -0.39 is 0 Å². The molecule has 6 nitrogen and oxygen atoms in total. The van der Waals surface area contributed by atoms with E-state index in [2.05, 4.69) is 39.9 Å². The first-order chi connectivity index (χ1) is 15.7. The Balaban J connectivity index is 1.38. The number of pyridine rings is 1. The molecule has 1 atom stereocenters. The van der Waals surface area contributed by atoms with E-state index in [1.165, 1.54) is 5.56 Å². The zero-order chi connectivity index (χ0) is 21.9. The van der Waals surface area contributed by atoms with Gasteiger partial charge in [-0.2, -0.15) is 11.8 Å². The summed E-state index contributed by atoms with van der Waals surface area (Å²) in [4.78, 5) is 31.8. The number of nitrogens with zero attached hydrogens (tertiary/aromatic N) is 5. The van der Waals surface area contributed by atoms with Crippen molar-refractivity contribution >= 4 is 34.3 Å². The highest BCUT2D eigenvalue weighted by atomic mass is 32.2. The predicted molar refractivity (Wildman–Crippen MR) is 130 cm³/mol. The lowest BCUT2D eigenvalue weighted by Gasteiger charge is -2.32. The largest absolute Gasteiger partial charge is 0.354 e. The average Bonchev–Trinajstić information content (AvgIpc) is 2.84. The Labute approximate surface area is 193 Å². The molecular weight excluding hydrogens is 418 g/mol. The molecule has 2 aliphatic rings. The number of anilines is 1. The van der Waals surface area contributed by atoms with Crippen molar-refractivity contribution in [1.29, 1.82) is 0 Å². The van der Waals surface area contributed by atoms with E-state index in [1.807, 2.05) is 23.9 Å². The van der Waals surface area contributed by atoms with Crippen molar-refractivity contribution in [2.24, 2.45) is 5.92 Å². The summed E-state index contributed by atoms with van der Waals surface area (Å²) in [5, 5.41) is 1.14. The Hall–Kier alpha value is -2.51. The minimum absolute atomic E-state index is 0.00893. The molecule has 1 aromatic carbocycles. The van der Waals surface area contributed by atoms with Crippen LogP contribution in [0.2, 0.25) is 0 Å². The molecule has 0 N–H and O–H groups in total. The smallest absolute Gasteiger partial charge is 0.168 e. The number of benzene rings is 1. The van der Waals surface area contributed by atoms with Crippen LogP contribution >= 0.6 is 11.8 Å². The first-order valence-corrected chi connectivity index (χ1v) is 12.6. The first-order valence-electron chi connectivity index (χ1n) is 11.4. The topological polar surface area (TPSA) is 62.2 Å². The number of hydrogen-bond donors (Lipinski definition) is 0. The van der Waals surface area contributed by atoms with E-state index in [-0.39, 0.29) is 11.7 Å². The van der Waals surface area contributed by atoms with Crippen molar-refractivity contribution in [2.75, 3.05) is 42.6 Å². The summed E-state index contributed by atoms with van der Waals surface area (Å²) in [6, 6.07) is 10.1. The Kier molecular flexibility index (Phi) is 6.37. The number of carbonyl (C=O) groups excluding carboxylic acids is 1. The molecule has 2 fully saturated rings. The van der Waals surface area contributed by atoms with Crippen molar-refractivity contribution in [1.82, 2.24) is 19.9 Å². The van der Waals surface area contributed by atoms with Crippen molar-refractivity contribution in [3.05, 3.63) is 59.7 Å². The number of piperidine rings is 1. The minimum Gasteiger partial charge on any atom is -0.354 e. The summed E-state index contributed by atoms with van der Waals surface area (Å²) in [6.45, 7) is 6.57. The van der Waals surface area contributed by atoms with Crippen LogP contribution in [0.4, 0.5) is 5.82 Å². The fourth-order valence-corrected chi connectivity index (χ4v) is 5.62. The zero-order valence-corrected chi connectivity index (χ0v) is 19.4. The van der Waals surface area contributed by atoms with Gasteiger partial charge in [0.1, 0.15) is 11.6 Å². The Morgan fingerprint density at radius 3 is 2.84 bits per heavy atom. The van der Waals surface area contributed by atoms with Crippen molar-refractivity contribution in [3.8, 4) is 0 Å². The molecule has 32 heavy (non-hydrogen) atoms. The predicted octanol–water partition coefficient (Wildman–Crippen LogP) is 3.98. The second kappa shape index (κ2) is 9.55. The van der Waals surface area contributed by atoms with Gasteiger partial charge in [0.05, 0.1) is 12.1 Å². The molecule has 0 bridgehead atoms. The highest BCUT2D eigenvalue weighted by Gasteiger charge is 2.27. The van der Waals surface area contributed by atoms with Crippen molar-refractivity contribution in [2.45, 2.75) is 26.3 Å². The number of likely N-dealkylation sites (tertiary alicyclic amines) is 1. The molecule has 0 spiro atoms. The van der Waals surface area contributed by atoms with Crippen LogP contribution < -0.4 is 4.90 Å². The fraction of sp³-hybridized carbons (Fsp3) is 0.440. The number of aromatic nitrogens is 3. The molecule has 4 heterocycles. The molecule has 166 valence electrons. The van der Waals surface area contributed by atoms with Gasteiger partial charge in [0, 0.05) is 60.4 Å². The van der Waals surface area contributed by atoms with E-state index in [1.54, 1.807) is 12.4 Å². The van der Waals surface area contributed by atoms with Crippen LogP contribution in [-0.4, -0.2) is 63.3 Å². The van der Waals surface area contributed by atoms with Gasteiger partial charge >= 0.3 is 0 Å². The summed E-state index contributed by atoms with van der Waals surface area (Å²) >= 11 is 2.01. The average molecular weight is 448 g/mol. The number of rotatable bonds is 5. The molecule has 0 radical (unpaired) electrons. The number of thioether (sulfide) groups is 1. The van der Waals surface area contributed by atoms with Crippen LogP contribution in [-0.2, 0) is 6.54 Å². The number of Topliss-reactive ketones (excluding diaryl/α,β-unsaturated/α-hetero) is 1. The molecule has 7 heteroatoms. The molecule has 5 rings (SSSR count). The fourth-order valence-electron chi connectivity index (χ4n) is 4.72. The maximum Gasteiger partial charge on any atom is 0.168 e. The standard InChI is InChI=1S/C25H29N5OS/c1-18-6-7-22-21(14-18)25(30-10-12-32-13-11-30)28-23(27-22)17-29-9-3-5-20(16-29)24(31)19-4-2-8-26-15-19/h2,4,6-8,14-15,20H,3,5,9-13,16-17H2,1H3.